The molecule has 0 amide bonds. The number of aromatic nitrogens is 2. The van der Waals surface area contributed by atoms with Crippen LogP contribution in [0.25, 0.3) is 0 Å². The van der Waals surface area contributed by atoms with E-state index in [4.69, 9.17) is 0 Å². The van der Waals surface area contributed by atoms with Gasteiger partial charge in [-0.2, -0.15) is 13.2 Å². The summed E-state index contributed by atoms with van der Waals surface area (Å²) in [6.45, 7) is 6.04. The molecule has 3 N–H and O–H groups in total. The molecule has 5 nitrogen and oxygen atoms in total. The molecule has 0 aliphatic rings. The fraction of sp³-hybridized carbons (Fsp3) is 0.692. The largest absolute Gasteiger partial charge is 0.451 e. The number of nitrogens with zero attached hydrogens (tertiary/aromatic N) is 2. The van der Waals surface area contributed by atoms with Crippen molar-refractivity contribution in [3.05, 3.63) is 11.9 Å². The molecule has 0 aromatic carbocycles. The summed E-state index contributed by atoms with van der Waals surface area (Å²) < 4.78 is 38.0. The Morgan fingerprint density at radius 3 is 2.24 bits per heavy atom. The number of hydrogen-bond acceptors (Lipinski definition) is 5. The molecule has 1 atom stereocenters. The van der Waals surface area contributed by atoms with Crippen molar-refractivity contribution in [3.63, 3.8) is 0 Å². The quantitative estimate of drug-likeness (QED) is 0.780. The molecule has 1 unspecified atom stereocenters. The second-order valence-electron chi connectivity index (χ2n) is 6.01. The highest BCUT2D eigenvalue weighted by Gasteiger charge is 2.35. The first-order valence-corrected chi connectivity index (χ1v) is 6.57. The van der Waals surface area contributed by atoms with Crippen LogP contribution in [0.5, 0.6) is 0 Å². The van der Waals surface area contributed by atoms with Crippen molar-refractivity contribution < 1.29 is 18.3 Å². The summed E-state index contributed by atoms with van der Waals surface area (Å²) in [6, 6.07) is 1.36. The first-order valence-electron chi connectivity index (χ1n) is 6.57. The lowest BCUT2D eigenvalue weighted by Crippen LogP contribution is -2.26. The van der Waals surface area contributed by atoms with Gasteiger partial charge in [-0.1, -0.05) is 20.8 Å². The van der Waals surface area contributed by atoms with E-state index in [0.717, 1.165) is 0 Å². The van der Waals surface area contributed by atoms with Gasteiger partial charge in [0.15, 0.2) is 0 Å². The minimum atomic E-state index is -4.62. The molecule has 120 valence electrons. The molecule has 1 heterocycles. The van der Waals surface area contributed by atoms with E-state index in [9.17, 15) is 18.3 Å². The molecule has 1 rings (SSSR count). The number of nitrogens with one attached hydrogen (secondary N) is 2. The highest BCUT2D eigenvalue weighted by Crippen LogP contribution is 2.28. The van der Waals surface area contributed by atoms with Gasteiger partial charge >= 0.3 is 6.18 Å². The summed E-state index contributed by atoms with van der Waals surface area (Å²) in [7, 11) is 1.47. The normalized spacial score (nSPS) is 13.9. The molecule has 8 heteroatoms. The minimum Gasteiger partial charge on any atom is -0.391 e. The SMILES string of the molecule is CNc1cc(NCC(O)CC(C)(C)C)nc(C(F)(F)F)n1. The summed E-state index contributed by atoms with van der Waals surface area (Å²) >= 11 is 0. The average Bonchev–Trinajstić information content (AvgIpc) is 2.33. The van der Waals surface area contributed by atoms with Crippen molar-refractivity contribution >= 4 is 11.6 Å². The van der Waals surface area contributed by atoms with Crippen molar-refractivity contribution in [3.8, 4) is 0 Å². The van der Waals surface area contributed by atoms with Gasteiger partial charge in [-0.3, -0.25) is 0 Å². The van der Waals surface area contributed by atoms with E-state index in [1.54, 1.807) is 0 Å². The molecule has 0 saturated heterocycles. The van der Waals surface area contributed by atoms with Gasteiger partial charge in [0.1, 0.15) is 11.6 Å². The highest BCUT2D eigenvalue weighted by atomic mass is 19.4. The van der Waals surface area contributed by atoms with Crippen LogP contribution in [0.15, 0.2) is 6.07 Å². The number of hydrogen-bond donors (Lipinski definition) is 3. The summed E-state index contributed by atoms with van der Waals surface area (Å²) in [6.07, 6.45) is -4.77. The third kappa shape index (κ3) is 6.16. The molecular weight excluding hydrogens is 285 g/mol. The second kappa shape index (κ2) is 6.46. The number of alkyl halides is 3. The highest BCUT2D eigenvalue weighted by molar-refractivity contribution is 5.47. The molecule has 0 aliphatic heterocycles. The molecule has 0 fully saturated rings. The van der Waals surface area contributed by atoms with Crippen molar-refractivity contribution in [2.45, 2.75) is 39.5 Å². The maximum Gasteiger partial charge on any atom is 0.451 e. The molecule has 0 bridgehead atoms. The van der Waals surface area contributed by atoms with E-state index in [1.807, 2.05) is 20.8 Å². The maximum absolute atomic E-state index is 12.7. The lowest BCUT2D eigenvalue weighted by molar-refractivity contribution is -0.144. The van der Waals surface area contributed by atoms with Gasteiger partial charge in [-0.25, -0.2) is 9.97 Å². The van der Waals surface area contributed by atoms with Crippen LogP contribution in [0.2, 0.25) is 0 Å². The molecule has 1 aromatic heterocycles. The predicted molar refractivity (Wildman–Crippen MR) is 75.1 cm³/mol. The zero-order valence-corrected chi connectivity index (χ0v) is 12.5. The van der Waals surface area contributed by atoms with E-state index >= 15 is 0 Å². The van der Waals surface area contributed by atoms with Gasteiger partial charge in [0.05, 0.1) is 6.10 Å². The first kappa shape index (κ1) is 17.5. The summed E-state index contributed by atoms with van der Waals surface area (Å²) in [5, 5.41) is 15.1. The number of rotatable bonds is 5. The monoisotopic (exact) mass is 306 g/mol. The third-order valence-corrected chi connectivity index (χ3v) is 2.60. The Labute approximate surface area is 122 Å². The van der Waals surface area contributed by atoms with Crippen molar-refractivity contribution in [1.29, 1.82) is 0 Å². The predicted octanol–water partition coefficient (Wildman–Crippen LogP) is 2.75. The zero-order chi connectivity index (χ0) is 16.3. The van der Waals surface area contributed by atoms with Crippen molar-refractivity contribution in [1.82, 2.24) is 9.97 Å². The van der Waals surface area contributed by atoms with Crippen LogP contribution < -0.4 is 10.6 Å². The number of aliphatic hydroxyl groups excluding tert-OH is 1. The average molecular weight is 306 g/mol. The van der Waals surface area contributed by atoms with E-state index < -0.39 is 18.1 Å². The molecule has 0 spiro atoms. The number of anilines is 2. The lowest BCUT2D eigenvalue weighted by Gasteiger charge is -2.22. The van der Waals surface area contributed by atoms with Crippen LogP contribution >= 0.6 is 0 Å². The minimum absolute atomic E-state index is 0.0228. The van der Waals surface area contributed by atoms with Gasteiger partial charge in [0.2, 0.25) is 5.82 Å². The van der Waals surface area contributed by atoms with Crippen LogP contribution in [0.3, 0.4) is 0 Å². The Morgan fingerprint density at radius 1 is 1.19 bits per heavy atom. The smallest absolute Gasteiger partial charge is 0.391 e. The summed E-state index contributed by atoms with van der Waals surface area (Å²) in [5.74, 6) is -1.14. The number of aliphatic hydroxyl groups is 1. The maximum atomic E-state index is 12.7. The van der Waals surface area contributed by atoms with Gasteiger partial charge in [-0.15, -0.1) is 0 Å². The second-order valence-corrected chi connectivity index (χ2v) is 6.01. The van der Waals surface area contributed by atoms with E-state index in [0.29, 0.717) is 6.42 Å². The Hall–Kier alpha value is -1.57. The van der Waals surface area contributed by atoms with Crippen LogP contribution in [-0.4, -0.2) is 34.8 Å². The van der Waals surface area contributed by atoms with Crippen molar-refractivity contribution in [2.75, 3.05) is 24.2 Å². The van der Waals surface area contributed by atoms with Crippen molar-refractivity contribution in [2.24, 2.45) is 5.41 Å². The fourth-order valence-electron chi connectivity index (χ4n) is 1.79. The van der Waals surface area contributed by atoms with Crippen LogP contribution in [-0.2, 0) is 6.18 Å². The lowest BCUT2D eigenvalue weighted by atomic mass is 9.89. The Kier molecular flexibility index (Phi) is 5.38. The standard InChI is InChI=1S/C13H21F3N4O/c1-12(2,3)6-8(21)7-18-10-5-9(17-4)19-11(20-10)13(14,15)16/h5,8,21H,6-7H2,1-4H3,(H2,17,18,19,20). The first-order chi connectivity index (χ1) is 9.51. The summed E-state index contributed by atoms with van der Waals surface area (Å²) in [4.78, 5) is 6.78. The van der Waals surface area contributed by atoms with Gasteiger partial charge in [0.25, 0.3) is 0 Å². The Balaban J connectivity index is 2.79. The third-order valence-electron chi connectivity index (χ3n) is 2.60. The van der Waals surface area contributed by atoms with Gasteiger partial charge in [-0.05, 0) is 11.8 Å². The van der Waals surface area contributed by atoms with E-state index in [2.05, 4.69) is 20.6 Å². The van der Waals surface area contributed by atoms with Crippen LogP contribution in [0.4, 0.5) is 24.8 Å². The van der Waals surface area contributed by atoms with Gasteiger partial charge in [0, 0.05) is 19.7 Å². The molecule has 1 aromatic rings. The zero-order valence-electron chi connectivity index (χ0n) is 12.5. The molecule has 0 aliphatic carbocycles. The van der Waals surface area contributed by atoms with Crippen LogP contribution in [0.1, 0.15) is 33.0 Å². The Bertz CT molecular complexity index is 471. The molecule has 0 saturated carbocycles. The number of halogens is 3. The van der Waals surface area contributed by atoms with E-state index in [-0.39, 0.29) is 23.6 Å². The van der Waals surface area contributed by atoms with Crippen LogP contribution in [0, 0.1) is 5.41 Å². The van der Waals surface area contributed by atoms with Gasteiger partial charge < -0.3 is 15.7 Å². The summed E-state index contributed by atoms with van der Waals surface area (Å²) in [5.41, 5.74) is -0.0694. The topological polar surface area (TPSA) is 70.1 Å². The molecule has 21 heavy (non-hydrogen) atoms. The van der Waals surface area contributed by atoms with E-state index in [1.165, 1.54) is 13.1 Å². The molecular formula is C13H21F3N4O. The fourth-order valence-corrected chi connectivity index (χ4v) is 1.79. The molecule has 0 radical (unpaired) electrons. The Morgan fingerprint density at radius 2 is 1.76 bits per heavy atom.